The molecule has 0 heterocycles. The van der Waals surface area contributed by atoms with Gasteiger partial charge in [-0.3, -0.25) is 0 Å². The first kappa shape index (κ1) is 16.2. The van der Waals surface area contributed by atoms with Gasteiger partial charge < -0.3 is 25.1 Å². The summed E-state index contributed by atoms with van der Waals surface area (Å²) in [7, 11) is 1.61. The summed E-state index contributed by atoms with van der Waals surface area (Å²) in [5.74, 6) is -2.10. The number of benzene rings is 1. The molecule has 1 rings (SSSR count). The Morgan fingerprint density at radius 1 is 1.30 bits per heavy atom. The lowest BCUT2D eigenvalue weighted by Crippen LogP contribution is -2.12. The van der Waals surface area contributed by atoms with Gasteiger partial charge in [0.05, 0.1) is 12.3 Å². The molecule has 0 aliphatic rings. The monoisotopic (exact) mass is 287 g/mol. The molecule has 1 aromatic carbocycles. The first-order chi connectivity index (χ1) is 9.57. The number of rotatable bonds is 9. The van der Waals surface area contributed by atoms with Crippen LogP contribution in [0.4, 0.5) is 10.1 Å². The van der Waals surface area contributed by atoms with E-state index in [-0.39, 0.29) is 17.9 Å². The van der Waals surface area contributed by atoms with Crippen molar-refractivity contribution in [2.24, 2.45) is 0 Å². The van der Waals surface area contributed by atoms with Crippen LogP contribution in [-0.4, -0.2) is 44.6 Å². The molecular weight excluding hydrogens is 269 g/mol. The number of hydrogen-bond donors (Lipinski definition) is 2. The molecule has 0 aromatic heterocycles. The molecule has 0 amide bonds. The molecule has 0 aliphatic heterocycles. The highest BCUT2D eigenvalue weighted by molar-refractivity contribution is 5.96. The summed E-state index contributed by atoms with van der Waals surface area (Å²) in [6, 6.07) is 2.30. The number of nitrogens with two attached hydrogens (primary N) is 1. The lowest BCUT2D eigenvalue weighted by atomic mass is 10.1. The average molecular weight is 287 g/mol. The summed E-state index contributed by atoms with van der Waals surface area (Å²) in [6.45, 7) is 1.57. The lowest BCUT2D eigenvalue weighted by Gasteiger charge is -2.11. The number of anilines is 1. The Bertz CT molecular complexity index is 453. The van der Waals surface area contributed by atoms with Crippen molar-refractivity contribution in [1.29, 1.82) is 0 Å². The van der Waals surface area contributed by atoms with Crippen LogP contribution < -0.4 is 10.5 Å². The third kappa shape index (κ3) is 4.67. The van der Waals surface area contributed by atoms with Crippen LogP contribution in [0.1, 0.15) is 16.8 Å². The Balaban J connectivity index is 2.48. The van der Waals surface area contributed by atoms with Crippen LogP contribution in [0.25, 0.3) is 0 Å². The van der Waals surface area contributed by atoms with Gasteiger partial charge in [0, 0.05) is 20.3 Å². The molecule has 20 heavy (non-hydrogen) atoms. The summed E-state index contributed by atoms with van der Waals surface area (Å²) in [5, 5.41) is 9.00. The Labute approximate surface area is 116 Å². The maximum atomic E-state index is 13.2. The number of ether oxygens (including phenoxy) is 3. The highest BCUT2D eigenvalue weighted by Gasteiger charge is 2.18. The van der Waals surface area contributed by atoms with Crippen LogP contribution >= 0.6 is 0 Å². The zero-order valence-corrected chi connectivity index (χ0v) is 11.2. The van der Waals surface area contributed by atoms with Gasteiger partial charge in [-0.1, -0.05) is 0 Å². The van der Waals surface area contributed by atoms with Crippen LogP contribution in [-0.2, 0) is 9.47 Å². The number of aromatic carboxylic acids is 1. The molecular formula is C13H18FNO5. The molecule has 0 unspecified atom stereocenters. The van der Waals surface area contributed by atoms with Crippen molar-refractivity contribution < 1.29 is 28.5 Å². The van der Waals surface area contributed by atoms with Crippen LogP contribution in [0.5, 0.6) is 5.75 Å². The summed E-state index contributed by atoms with van der Waals surface area (Å²) in [4.78, 5) is 11.0. The van der Waals surface area contributed by atoms with E-state index in [2.05, 4.69) is 0 Å². The van der Waals surface area contributed by atoms with Crippen LogP contribution in [0.2, 0.25) is 0 Å². The fraction of sp³-hybridized carbons (Fsp3) is 0.462. The van der Waals surface area contributed by atoms with Crippen molar-refractivity contribution in [3.63, 3.8) is 0 Å². The molecule has 7 heteroatoms. The Kier molecular flexibility index (Phi) is 6.75. The van der Waals surface area contributed by atoms with Gasteiger partial charge in [-0.05, 0) is 18.6 Å². The Morgan fingerprint density at radius 3 is 2.70 bits per heavy atom. The molecule has 0 atom stereocenters. The van der Waals surface area contributed by atoms with Crippen molar-refractivity contribution in [1.82, 2.24) is 0 Å². The number of hydrogen-bond acceptors (Lipinski definition) is 5. The largest absolute Gasteiger partial charge is 0.490 e. The minimum atomic E-state index is -1.34. The quantitative estimate of drug-likeness (QED) is 0.529. The highest BCUT2D eigenvalue weighted by Crippen LogP contribution is 2.27. The van der Waals surface area contributed by atoms with Gasteiger partial charge in [-0.2, -0.15) is 0 Å². The van der Waals surface area contributed by atoms with Crippen molar-refractivity contribution >= 4 is 11.7 Å². The van der Waals surface area contributed by atoms with E-state index in [1.807, 2.05) is 0 Å². The molecule has 0 bridgehead atoms. The van der Waals surface area contributed by atoms with E-state index in [4.69, 9.17) is 25.1 Å². The number of carboxylic acids is 1. The van der Waals surface area contributed by atoms with Crippen LogP contribution in [0.15, 0.2) is 12.1 Å². The van der Waals surface area contributed by atoms with E-state index in [1.165, 1.54) is 6.07 Å². The summed E-state index contributed by atoms with van der Waals surface area (Å²) >= 11 is 0. The predicted molar refractivity (Wildman–Crippen MR) is 70.6 cm³/mol. The predicted octanol–water partition coefficient (Wildman–Crippen LogP) is 1.54. The number of carboxylic acid groups (broad SMARTS) is 1. The number of methoxy groups -OCH3 is 1. The van der Waals surface area contributed by atoms with E-state index >= 15 is 0 Å². The summed E-state index contributed by atoms with van der Waals surface area (Å²) in [5.41, 5.74) is 4.58. The molecule has 0 saturated carbocycles. The fourth-order valence-corrected chi connectivity index (χ4v) is 1.53. The smallest absolute Gasteiger partial charge is 0.341 e. The first-order valence-corrected chi connectivity index (χ1v) is 6.08. The van der Waals surface area contributed by atoms with Crippen LogP contribution in [0.3, 0.4) is 0 Å². The van der Waals surface area contributed by atoms with E-state index in [9.17, 15) is 9.18 Å². The molecule has 0 aliphatic carbocycles. The van der Waals surface area contributed by atoms with E-state index in [0.717, 1.165) is 12.5 Å². The Hall–Kier alpha value is -1.86. The SMILES string of the molecule is COCCCOCCOc1ccc(F)c(N)c1C(=O)O. The minimum absolute atomic E-state index is 0.0249. The number of nitrogen functional groups attached to an aromatic ring is 1. The second kappa shape index (κ2) is 8.34. The van der Waals surface area contributed by atoms with E-state index in [1.54, 1.807) is 7.11 Å². The number of halogens is 1. The highest BCUT2D eigenvalue weighted by atomic mass is 19.1. The van der Waals surface area contributed by atoms with Crippen molar-refractivity contribution in [2.75, 3.05) is 39.3 Å². The van der Waals surface area contributed by atoms with Gasteiger partial charge in [-0.15, -0.1) is 0 Å². The summed E-state index contributed by atoms with van der Waals surface area (Å²) in [6.07, 6.45) is 0.764. The maximum Gasteiger partial charge on any atom is 0.341 e. The second-order valence-corrected chi connectivity index (χ2v) is 3.95. The zero-order chi connectivity index (χ0) is 15.0. The molecule has 0 fully saturated rings. The molecule has 0 saturated heterocycles. The second-order valence-electron chi connectivity index (χ2n) is 3.95. The van der Waals surface area contributed by atoms with Crippen molar-refractivity contribution in [3.05, 3.63) is 23.5 Å². The molecule has 0 spiro atoms. The summed E-state index contributed by atoms with van der Waals surface area (Å²) < 4.78 is 28.6. The average Bonchev–Trinajstić information content (AvgIpc) is 2.41. The molecule has 0 radical (unpaired) electrons. The Morgan fingerprint density at radius 2 is 2.05 bits per heavy atom. The van der Waals surface area contributed by atoms with Crippen molar-refractivity contribution in [2.45, 2.75) is 6.42 Å². The lowest BCUT2D eigenvalue weighted by molar-refractivity contribution is 0.0678. The molecule has 3 N–H and O–H groups in total. The molecule has 6 nitrogen and oxygen atoms in total. The normalized spacial score (nSPS) is 10.5. The first-order valence-electron chi connectivity index (χ1n) is 6.08. The topological polar surface area (TPSA) is 91.0 Å². The minimum Gasteiger partial charge on any atom is -0.490 e. The molecule has 112 valence electrons. The standard InChI is InChI=1S/C13H18FNO5/c1-18-5-2-6-19-7-8-20-10-4-3-9(14)12(15)11(10)13(16)17/h3-4H,2,5-8,15H2,1H3,(H,16,17). The fourth-order valence-electron chi connectivity index (χ4n) is 1.53. The zero-order valence-electron chi connectivity index (χ0n) is 11.2. The van der Waals surface area contributed by atoms with Gasteiger partial charge in [0.2, 0.25) is 0 Å². The maximum absolute atomic E-state index is 13.2. The molecule has 1 aromatic rings. The van der Waals surface area contributed by atoms with Gasteiger partial charge in [0.1, 0.15) is 23.7 Å². The van der Waals surface area contributed by atoms with Gasteiger partial charge in [0.25, 0.3) is 0 Å². The third-order valence-electron chi connectivity index (χ3n) is 2.49. The van der Waals surface area contributed by atoms with Crippen LogP contribution in [0, 0.1) is 5.82 Å². The third-order valence-corrected chi connectivity index (χ3v) is 2.49. The van der Waals surface area contributed by atoms with Gasteiger partial charge in [-0.25, -0.2) is 9.18 Å². The van der Waals surface area contributed by atoms with E-state index < -0.39 is 17.5 Å². The van der Waals surface area contributed by atoms with E-state index in [0.29, 0.717) is 19.8 Å². The van der Waals surface area contributed by atoms with Gasteiger partial charge >= 0.3 is 5.97 Å². The van der Waals surface area contributed by atoms with Crippen molar-refractivity contribution in [3.8, 4) is 5.75 Å². The number of carbonyl (C=O) groups is 1. The van der Waals surface area contributed by atoms with Gasteiger partial charge in [0.15, 0.2) is 0 Å².